The number of hydrogen-bond acceptors (Lipinski definition) is 4. The topological polar surface area (TPSA) is 25.8 Å². The lowest BCUT2D eigenvalue weighted by atomic mass is 10.1. The van der Waals surface area contributed by atoms with Gasteiger partial charge in [0.2, 0.25) is 0 Å². The highest BCUT2D eigenvalue weighted by atomic mass is 32.2. The predicted molar refractivity (Wildman–Crippen MR) is 133 cm³/mol. The first-order valence-electron chi connectivity index (χ1n) is 10.3. The third-order valence-electron chi connectivity index (χ3n) is 4.72. The van der Waals surface area contributed by atoms with Crippen molar-refractivity contribution < 1.29 is 0 Å². The van der Waals surface area contributed by atoms with Gasteiger partial charge in [-0.25, -0.2) is 0 Å². The summed E-state index contributed by atoms with van der Waals surface area (Å²) in [5, 5.41) is 2.38. The molecule has 0 saturated heterocycles. The Balaban J connectivity index is 1.55. The first-order valence-corrected chi connectivity index (χ1v) is 11.9. The van der Waals surface area contributed by atoms with Crippen molar-refractivity contribution in [3.8, 4) is 0 Å². The zero-order valence-electron chi connectivity index (χ0n) is 18.3. The summed E-state index contributed by atoms with van der Waals surface area (Å²) in [5.74, 6) is 0. The normalized spacial score (nSPS) is 12.6. The molecule has 0 aliphatic heterocycles. The number of aromatic nitrogens is 2. The lowest BCUT2D eigenvalue weighted by Crippen LogP contribution is -2.19. The van der Waals surface area contributed by atoms with Crippen molar-refractivity contribution in [2.75, 3.05) is 0 Å². The Kier molecular flexibility index (Phi) is 5.82. The molecule has 154 valence electrons. The van der Waals surface area contributed by atoms with Crippen LogP contribution < -0.4 is 0 Å². The van der Waals surface area contributed by atoms with Gasteiger partial charge in [0, 0.05) is 48.4 Å². The minimum atomic E-state index is 0.0287. The van der Waals surface area contributed by atoms with E-state index in [0.717, 1.165) is 23.1 Å². The Morgan fingerprint density at radius 2 is 1.37 bits per heavy atom. The molecule has 4 heteroatoms. The first kappa shape index (κ1) is 21.2. The van der Waals surface area contributed by atoms with Crippen LogP contribution in [0.25, 0.3) is 21.8 Å². The molecule has 2 heterocycles. The van der Waals surface area contributed by atoms with Gasteiger partial charge < -0.3 is 0 Å². The van der Waals surface area contributed by atoms with Gasteiger partial charge in [-0.2, -0.15) is 0 Å². The maximum atomic E-state index is 5.00. The summed E-state index contributed by atoms with van der Waals surface area (Å²) in [4.78, 5) is 12.0. The van der Waals surface area contributed by atoms with Gasteiger partial charge in [0.15, 0.2) is 0 Å². The molecule has 0 saturated carbocycles. The van der Waals surface area contributed by atoms with Crippen LogP contribution in [0.1, 0.15) is 40.3 Å². The van der Waals surface area contributed by atoms with Gasteiger partial charge in [0.25, 0.3) is 0 Å². The second-order valence-corrected chi connectivity index (χ2v) is 12.9. The van der Waals surface area contributed by atoms with E-state index in [9.17, 15) is 0 Å². The molecule has 0 spiro atoms. The minimum Gasteiger partial charge on any atom is -0.256 e. The van der Waals surface area contributed by atoms with Crippen LogP contribution in [0.2, 0.25) is 0 Å². The van der Waals surface area contributed by atoms with Crippen molar-refractivity contribution in [3.05, 3.63) is 72.6 Å². The number of nitrogens with zero attached hydrogens (tertiary/aromatic N) is 2. The van der Waals surface area contributed by atoms with Gasteiger partial charge in [-0.3, -0.25) is 9.97 Å². The fraction of sp³-hybridized carbons (Fsp3) is 0.308. The van der Waals surface area contributed by atoms with E-state index in [-0.39, 0.29) is 9.49 Å². The van der Waals surface area contributed by atoms with Gasteiger partial charge in [0.05, 0.1) is 11.0 Å². The summed E-state index contributed by atoms with van der Waals surface area (Å²) >= 11 is 3.78. The molecule has 0 aliphatic rings. The molecule has 2 aromatic heterocycles. The van der Waals surface area contributed by atoms with E-state index in [2.05, 4.69) is 94.2 Å². The lowest BCUT2D eigenvalue weighted by Gasteiger charge is -2.24. The summed E-state index contributed by atoms with van der Waals surface area (Å²) in [6, 6.07) is 21.6. The molecule has 0 radical (unpaired) electrons. The number of thioether (sulfide) groups is 2. The van der Waals surface area contributed by atoms with Crippen molar-refractivity contribution in [2.45, 2.75) is 60.3 Å². The molecule has 2 aromatic carbocycles. The zero-order chi connectivity index (χ0) is 21.4. The van der Waals surface area contributed by atoms with Crippen molar-refractivity contribution in [2.24, 2.45) is 0 Å². The molecule has 0 amide bonds. The predicted octanol–water partition coefficient (Wildman–Crippen LogP) is 7.79. The van der Waals surface area contributed by atoms with Crippen molar-refractivity contribution in [1.29, 1.82) is 0 Å². The van der Waals surface area contributed by atoms with Crippen LogP contribution in [0.15, 0.2) is 76.7 Å². The zero-order valence-corrected chi connectivity index (χ0v) is 19.9. The van der Waals surface area contributed by atoms with E-state index in [1.807, 2.05) is 35.8 Å². The van der Waals surface area contributed by atoms with Gasteiger partial charge in [-0.1, -0.05) is 45.0 Å². The number of pyridine rings is 2. The van der Waals surface area contributed by atoms with E-state index in [4.69, 9.17) is 4.98 Å². The Labute approximate surface area is 187 Å². The highest BCUT2D eigenvalue weighted by Gasteiger charge is 2.21. The molecule has 4 aromatic rings. The second-order valence-electron chi connectivity index (χ2n) is 9.27. The van der Waals surface area contributed by atoms with Gasteiger partial charge in [0.1, 0.15) is 0 Å². The molecule has 0 bridgehead atoms. The average Bonchev–Trinajstić information content (AvgIpc) is 2.65. The fourth-order valence-corrected chi connectivity index (χ4v) is 5.73. The van der Waals surface area contributed by atoms with Crippen LogP contribution in [-0.2, 0) is 6.42 Å². The van der Waals surface area contributed by atoms with E-state index in [1.165, 1.54) is 20.6 Å². The van der Waals surface area contributed by atoms with Crippen LogP contribution in [0.4, 0.5) is 0 Å². The molecule has 0 fully saturated rings. The maximum Gasteiger partial charge on any atom is 0.0716 e. The molecular formula is C26H28N2S2. The number of rotatable bonds is 5. The third kappa shape index (κ3) is 5.35. The monoisotopic (exact) mass is 432 g/mol. The Bertz CT molecular complexity index is 1190. The van der Waals surface area contributed by atoms with E-state index >= 15 is 0 Å². The van der Waals surface area contributed by atoms with Gasteiger partial charge >= 0.3 is 0 Å². The summed E-state index contributed by atoms with van der Waals surface area (Å²) in [6.07, 6.45) is 2.76. The average molecular weight is 433 g/mol. The number of hydrogen-bond donors (Lipinski definition) is 0. The van der Waals surface area contributed by atoms with Crippen LogP contribution >= 0.6 is 23.5 Å². The Hall–Kier alpha value is -2.04. The lowest BCUT2D eigenvalue weighted by molar-refractivity contribution is 0.695. The molecule has 0 unspecified atom stereocenters. The van der Waals surface area contributed by atoms with Crippen molar-refractivity contribution in [3.63, 3.8) is 0 Å². The highest BCUT2D eigenvalue weighted by molar-refractivity contribution is 8.00. The Morgan fingerprint density at radius 3 is 2.10 bits per heavy atom. The smallest absolute Gasteiger partial charge is 0.0716 e. The highest BCUT2D eigenvalue weighted by Crippen LogP contribution is 2.37. The third-order valence-corrected chi connectivity index (χ3v) is 7.01. The first-order chi connectivity index (χ1) is 14.2. The molecule has 2 nitrogen and oxygen atoms in total. The standard InChI is InChI=1S/C26H28N2S2/c1-25(2,3)29-21-12-10-19-8-11-20(28-24(19)16-21)17-26(4,5)30-22-13-9-18-7-6-14-27-23(18)15-22/h6-16H,17H2,1-5H3. The van der Waals surface area contributed by atoms with Crippen LogP contribution in [0.3, 0.4) is 0 Å². The van der Waals surface area contributed by atoms with E-state index in [1.54, 1.807) is 0 Å². The number of benzene rings is 2. The van der Waals surface area contributed by atoms with Gasteiger partial charge in [-0.05, 0) is 50.2 Å². The molecule has 0 atom stereocenters. The minimum absolute atomic E-state index is 0.0287. The molecule has 0 N–H and O–H groups in total. The molecule has 4 rings (SSSR count). The van der Waals surface area contributed by atoms with Gasteiger partial charge in [-0.15, -0.1) is 23.5 Å². The number of fused-ring (bicyclic) bond motifs is 2. The molecular weight excluding hydrogens is 404 g/mol. The summed E-state index contributed by atoms with van der Waals surface area (Å²) < 4.78 is 0.222. The van der Waals surface area contributed by atoms with Crippen molar-refractivity contribution in [1.82, 2.24) is 9.97 Å². The second kappa shape index (κ2) is 8.24. The summed E-state index contributed by atoms with van der Waals surface area (Å²) in [6.45, 7) is 11.3. The van der Waals surface area contributed by atoms with Crippen molar-refractivity contribution >= 4 is 45.3 Å². The maximum absolute atomic E-state index is 5.00. The summed E-state index contributed by atoms with van der Waals surface area (Å²) in [5.41, 5.74) is 3.26. The summed E-state index contributed by atoms with van der Waals surface area (Å²) in [7, 11) is 0. The Morgan fingerprint density at radius 1 is 0.733 bits per heavy atom. The van der Waals surface area contributed by atoms with E-state index < -0.39 is 0 Å². The van der Waals surface area contributed by atoms with Crippen LogP contribution in [-0.4, -0.2) is 19.5 Å². The van der Waals surface area contributed by atoms with Crippen LogP contribution in [0.5, 0.6) is 0 Å². The quantitative estimate of drug-likeness (QED) is 0.301. The fourth-order valence-electron chi connectivity index (χ4n) is 3.56. The van der Waals surface area contributed by atoms with Crippen LogP contribution in [0, 0.1) is 0 Å². The largest absolute Gasteiger partial charge is 0.256 e. The molecule has 30 heavy (non-hydrogen) atoms. The SMILES string of the molecule is CC(C)(C)Sc1ccc2ccc(CC(C)(C)Sc3ccc4cccnc4c3)nc2c1. The van der Waals surface area contributed by atoms with E-state index in [0.29, 0.717) is 0 Å². The molecule has 0 aliphatic carbocycles.